The summed E-state index contributed by atoms with van der Waals surface area (Å²) in [6.07, 6.45) is 1.61. The molecule has 0 saturated heterocycles. The van der Waals surface area contributed by atoms with Gasteiger partial charge in [0.15, 0.2) is 0 Å². The number of carbonyl (C=O) groups is 2. The molecule has 28 heavy (non-hydrogen) atoms. The first-order valence-electron chi connectivity index (χ1n) is 9.09. The lowest BCUT2D eigenvalue weighted by Crippen LogP contribution is -2.43. The molecule has 0 saturated carbocycles. The van der Waals surface area contributed by atoms with Crippen LogP contribution in [0.5, 0.6) is 0 Å². The normalized spacial score (nSPS) is 12.5. The number of amides is 2. The lowest BCUT2D eigenvalue weighted by molar-refractivity contribution is -0.122. The minimum atomic E-state index is -0.467. The third kappa shape index (κ3) is 6.42. The number of aromatic nitrogens is 1. The number of pyridine rings is 1. The summed E-state index contributed by atoms with van der Waals surface area (Å²) in [7, 11) is 1.74. The third-order valence-corrected chi connectivity index (χ3v) is 4.92. The highest BCUT2D eigenvalue weighted by molar-refractivity contribution is 9.10. The van der Waals surface area contributed by atoms with Crippen LogP contribution in [0.1, 0.15) is 33.3 Å². The summed E-state index contributed by atoms with van der Waals surface area (Å²) in [6.45, 7) is 8.28. The van der Waals surface area contributed by atoms with Crippen molar-refractivity contribution in [2.24, 2.45) is 0 Å². The third-order valence-electron chi connectivity index (χ3n) is 4.45. The van der Waals surface area contributed by atoms with E-state index in [-0.39, 0.29) is 23.8 Å². The Balaban J connectivity index is 1.89. The highest BCUT2D eigenvalue weighted by Gasteiger charge is 2.21. The van der Waals surface area contributed by atoms with Crippen LogP contribution in [0.25, 0.3) is 0 Å². The summed E-state index contributed by atoms with van der Waals surface area (Å²) < 4.78 is 0.837. The zero-order valence-electron chi connectivity index (χ0n) is 16.9. The molecule has 1 atom stereocenters. The SMILES string of the molecule is CC(C(=O)Nc1ccc(C(C)(C)C)cc1)N(C)CC(=O)Nc1ccc(Br)cn1. The van der Waals surface area contributed by atoms with Crippen LogP contribution < -0.4 is 10.6 Å². The maximum Gasteiger partial charge on any atom is 0.241 e. The maximum absolute atomic E-state index is 12.5. The van der Waals surface area contributed by atoms with E-state index in [0.717, 1.165) is 10.2 Å². The predicted molar refractivity (Wildman–Crippen MR) is 116 cm³/mol. The molecule has 0 aliphatic heterocycles. The van der Waals surface area contributed by atoms with Gasteiger partial charge in [0.1, 0.15) is 5.82 Å². The Morgan fingerprint density at radius 2 is 1.75 bits per heavy atom. The summed E-state index contributed by atoms with van der Waals surface area (Å²) in [5.41, 5.74) is 2.00. The molecule has 1 heterocycles. The van der Waals surface area contributed by atoms with Crippen LogP contribution in [0.2, 0.25) is 0 Å². The van der Waals surface area contributed by atoms with E-state index >= 15 is 0 Å². The van der Waals surface area contributed by atoms with Gasteiger partial charge in [-0.25, -0.2) is 4.98 Å². The van der Waals surface area contributed by atoms with Crippen molar-refractivity contribution >= 4 is 39.2 Å². The minimum absolute atomic E-state index is 0.0626. The minimum Gasteiger partial charge on any atom is -0.325 e. The van der Waals surface area contributed by atoms with Crippen molar-refractivity contribution in [3.8, 4) is 0 Å². The summed E-state index contributed by atoms with van der Waals surface area (Å²) >= 11 is 3.30. The zero-order valence-corrected chi connectivity index (χ0v) is 18.5. The molecule has 2 aromatic rings. The number of hydrogen-bond donors (Lipinski definition) is 2. The van der Waals surface area contributed by atoms with Gasteiger partial charge in [-0.3, -0.25) is 14.5 Å². The van der Waals surface area contributed by atoms with Crippen molar-refractivity contribution in [2.75, 3.05) is 24.2 Å². The molecule has 2 amide bonds. The fraction of sp³-hybridized carbons (Fsp3) is 0.381. The van der Waals surface area contributed by atoms with Crippen molar-refractivity contribution in [2.45, 2.75) is 39.2 Å². The van der Waals surface area contributed by atoms with Crippen molar-refractivity contribution in [1.29, 1.82) is 0 Å². The number of nitrogens with one attached hydrogen (secondary N) is 2. The van der Waals surface area contributed by atoms with Crippen LogP contribution in [0.3, 0.4) is 0 Å². The highest BCUT2D eigenvalue weighted by Crippen LogP contribution is 2.23. The molecule has 2 N–H and O–H groups in total. The molecule has 150 valence electrons. The quantitative estimate of drug-likeness (QED) is 0.701. The van der Waals surface area contributed by atoms with Gasteiger partial charge in [0.2, 0.25) is 11.8 Å². The fourth-order valence-electron chi connectivity index (χ4n) is 2.50. The zero-order chi connectivity index (χ0) is 20.9. The average Bonchev–Trinajstić information content (AvgIpc) is 2.62. The molecular formula is C21H27BrN4O2. The van der Waals surface area contributed by atoms with E-state index in [1.807, 2.05) is 24.3 Å². The number of rotatable bonds is 6. The van der Waals surface area contributed by atoms with Crippen molar-refractivity contribution < 1.29 is 9.59 Å². The van der Waals surface area contributed by atoms with Gasteiger partial charge in [-0.05, 0) is 65.1 Å². The number of benzene rings is 1. The first kappa shape index (κ1) is 22.0. The molecule has 1 aromatic carbocycles. The van der Waals surface area contributed by atoms with Crippen LogP contribution in [-0.2, 0) is 15.0 Å². The molecule has 0 bridgehead atoms. The Morgan fingerprint density at radius 3 is 2.29 bits per heavy atom. The summed E-state index contributed by atoms with van der Waals surface area (Å²) in [4.78, 5) is 30.5. The van der Waals surface area contributed by atoms with E-state index < -0.39 is 6.04 Å². The van der Waals surface area contributed by atoms with Crippen molar-refractivity contribution in [3.05, 3.63) is 52.6 Å². The van der Waals surface area contributed by atoms with E-state index in [4.69, 9.17) is 0 Å². The van der Waals surface area contributed by atoms with Gasteiger partial charge in [0.05, 0.1) is 12.6 Å². The van der Waals surface area contributed by atoms with Crippen LogP contribution in [0, 0.1) is 0 Å². The molecule has 1 aromatic heterocycles. The molecular weight excluding hydrogens is 420 g/mol. The van der Waals surface area contributed by atoms with E-state index in [2.05, 4.69) is 52.3 Å². The Labute approximate surface area is 174 Å². The average molecular weight is 447 g/mol. The molecule has 0 fully saturated rings. The standard InChI is InChI=1S/C21H27BrN4O2/c1-14(20(28)24-17-9-6-15(7-10-17)21(2,3)4)26(5)13-19(27)25-18-11-8-16(22)12-23-18/h6-12,14H,13H2,1-5H3,(H,24,28)(H,23,25,27). The topological polar surface area (TPSA) is 74.3 Å². The largest absolute Gasteiger partial charge is 0.325 e. The number of carbonyl (C=O) groups excluding carboxylic acids is 2. The van der Waals surface area contributed by atoms with Gasteiger partial charge in [-0.2, -0.15) is 0 Å². The molecule has 6 nitrogen and oxygen atoms in total. The summed E-state index contributed by atoms with van der Waals surface area (Å²) in [5.74, 6) is 0.0738. The number of likely N-dealkylation sites (N-methyl/N-ethyl adjacent to an activating group) is 1. The van der Waals surface area contributed by atoms with Gasteiger partial charge in [-0.1, -0.05) is 32.9 Å². The molecule has 0 aliphatic carbocycles. The second kappa shape index (κ2) is 9.30. The molecule has 7 heteroatoms. The van der Waals surface area contributed by atoms with Crippen molar-refractivity contribution in [1.82, 2.24) is 9.88 Å². The number of nitrogens with zero attached hydrogens (tertiary/aromatic N) is 2. The molecule has 0 spiro atoms. The lowest BCUT2D eigenvalue weighted by Gasteiger charge is -2.23. The van der Waals surface area contributed by atoms with Crippen LogP contribution >= 0.6 is 15.9 Å². The monoisotopic (exact) mass is 446 g/mol. The van der Waals surface area contributed by atoms with Gasteiger partial charge in [0, 0.05) is 16.4 Å². The molecule has 0 radical (unpaired) electrons. The van der Waals surface area contributed by atoms with Crippen LogP contribution in [0.15, 0.2) is 47.1 Å². The Hall–Kier alpha value is -2.25. The molecule has 1 unspecified atom stereocenters. The van der Waals surface area contributed by atoms with Gasteiger partial charge in [-0.15, -0.1) is 0 Å². The Bertz CT molecular complexity index is 814. The summed E-state index contributed by atoms with van der Waals surface area (Å²) in [6, 6.07) is 10.9. The number of hydrogen-bond acceptors (Lipinski definition) is 4. The molecule has 2 rings (SSSR count). The molecule has 0 aliphatic rings. The number of anilines is 2. The maximum atomic E-state index is 12.5. The van der Waals surface area contributed by atoms with E-state index in [9.17, 15) is 9.59 Å². The lowest BCUT2D eigenvalue weighted by atomic mass is 9.87. The second-order valence-corrected chi connectivity index (χ2v) is 8.73. The second-order valence-electron chi connectivity index (χ2n) is 7.82. The first-order chi connectivity index (χ1) is 13.1. The van der Waals surface area contributed by atoms with Crippen LogP contribution in [0.4, 0.5) is 11.5 Å². The van der Waals surface area contributed by atoms with E-state index in [1.165, 1.54) is 5.56 Å². The Morgan fingerprint density at radius 1 is 1.11 bits per heavy atom. The van der Waals surface area contributed by atoms with Crippen LogP contribution in [-0.4, -0.2) is 41.3 Å². The fourth-order valence-corrected chi connectivity index (χ4v) is 2.73. The first-order valence-corrected chi connectivity index (χ1v) is 9.88. The number of halogens is 1. The van der Waals surface area contributed by atoms with E-state index in [0.29, 0.717) is 5.82 Å². The van der Waals surface area contributed by atoms with Gasteiger partial charge in [0.25, 0.3) is 0 Å². The smallest absolute Gasteiger partial charge is 0.241 e. The van der Waals surface area contributed by atoms with E-state index in [1.54, 1.807) is 37.2 Å². The Kier molecular flexibility index (Phi) is 7.32. The predicted octanol–water partition coefficient (Wildman–Crippen LogP) is 4.04. The van der Waals surface area contributed by atoms with Crippen molar-refractivity contribution in [3.63, 3.8) is 0 Å². The highest BCUT2D eigenvalue weighted by atomic mass is 79.9. The summed E-state index contributed by atoms with van der Waals surface area (Å²) in [5, 5.41) is 5.62. The van der Waals surface area contributed by atoms with Gasteiger partial charge >= 0.3 is 0 Å². The van der Waals surface area contributed by atoms with Gasteiger partial charge < -0.3 is 10.6 Å².